The first-order valence-corrected chi connectivity index (χ1v) is 10.9. The van der Waals surface area contributed by atoms with Crippen LogP contribution in [0.3, 0.4) is 0 Å². The largest absolute Gasteiger partial charge is 0.361 e. The van der Waals surface area contributed by atoms with Crippen LogP contribution in [0, 0.1) is 5.92 Å². The Morgan fingerprint density at radius 1 is 1.10 bits per heavy atom. The minimum Gasteiger partial charge on any atom is -0.361 e. The van der Waals surface area contributed by atoms with Crippen molar-refractivity contribution in [3.05, 3.63) is 72.4 Å². The number of hydrogen-bond acceptors (Lipinski definition) is 2. The van der Waals surface area contributed by atoms with Gasteiger partial charge in [0.25, 0.3) is 5.91 Å². The summed E-state index contributed by atoms with van der Waals surface area (Å²) in [6, 6.07) is 15.6. The second-order valence-electron chi connectivity index (χ2n) is 8.69. The highest BCUT2D eigenvalue weighted by Gasteiger charge is 2.32. The van der Waals surface area contributed by atoms with Gasteiger partial charge in [0.05, 0.1) is 0 Å². The van der Waals surface area contributed by atoms with Crippen LogP contribution in [-0.2, 0) is 4.79 Å². The molecular formula is C26H29N3O2. The van der Waals surface area contributed by atoms with Crippen molar-refractivity contribution >= 4 is 34.1 Å². The van der Waals surface area contributed by atoms with Crippen LogP contribution in [-0.4, -0.2) is 34.3 Å². The molecule has 0 aliphatic carbocycles. The summed E-state index contributed by atoms with van der Waals surface area (Å²) in [7, 11) is 0. The molecule has 0 saturated heterocycles. The molecule has 5 heteroatoms. The summed E-state index contributed by atoms with van der Waals surface area (Å²) < 4.78 is 0. The molecule has 0 fully saturated rings. The lowest BCUT2D eigenvalue weighted by molar-refractivity contribution is -0.119. The van der Waals surface area contributed by atoms with E-state index in [0.29, 0.717) is 23.7 Å². The second-order valence-corrected chi connectivity index (χ2v) is 8.69. The van der Waals surface area contributed by atoms with Crippen LogP contribution in [0.4, 0.5) is 5.69 Å². The van der Waals surface area contributed by atoms with Gasteiger partial charge in [-0.1, -0.05) is 38.6 Å². The zero-order valence-electron chi connectivity index (χ0n) is 18.4. The van der Waals surface area contributed by atoms with Crippen LogP contribution in [0.5, 0.6) is 0 Å². The fourth-order valence-electron chi connectivity index (χ4n) is 4.52. The SMILES string of the molecule is C=C1c2ccccc2C(=O)N1CCC(=O)N(c1ccc2[nH]ccc2c1)C(C)CC(C)C. The van der Waals surface area contributed by atoms with E-state index in [4.69, 9.17) is 0 Å². The maximum Gasteiger partial charge on any atom is 0.258 e. The first-order valence-electron chi connectivity index (χ1n) is 10.9. The fraction of sp³-hybridized carbons (Fsp3) is 0.308. The summed E-state index contributed by atoms with van der Waals surface area (Å²) in [5.74, 6) is 0.402. The third-order valence-electron chi connectivity index (χ3n) is 5.93. The molecule has 1 unspecified atom stereocenters. The number of anilines is 1. The van der Waals surface area contributed by atoms with Crippen LogP contribution >= 0.6 is 0 Å². The van der Waals surface area contributed by atoms with Crippen LogP contribution in [0.25, 0.3) is 16.6 Å². The highest BCUT2D eigenvalue weighted by Crippen LogP contribution is 2.32. The van der Waals surface area contributed by atoms with Crippen molar-refractivity contribution in [1.29, 1.82) is 0 Å². The topological polar surface area (TPSA) is 56.4 Å². The summed E-state index contributed by atoms with van der Waals surface area (Å²) in [4.78, 5) is 32.9. The highest BCUT2D eigenvalue weighted by atomic mass is 16.2. The van der Waals surface area contributed by atoms with Crippen molar-refractivity contribution in [3.8, 4) is 0 Å². The average Bonchev–Trinajstić information content (AvgIpc) is 3.29. The molecule has 0 bridgehead atoms. The van der Waals surface area contributed by atoms with Gasteiger partial charge in [0.15, 0.2) is 0 Å². The monoisotopic (exact) mass is 415 g/mol. The molecule has 0 saturated carbocycles. The number of nitrogens with one attached hydrogen (secondary N) is 1. The lowest BCUT2D eigenvalue weighted by Crippen LogP contribution is -2.41. The Labute approximate surface area is 183 Å². The quantitative estimate of drug-likeness (QED) is 0.558. The molecule has 2 heterocycles. The number of amides is 2. The summed E-state index contributed by atoms with van der Waals surface area (Å²) in [5.41, 5.74) is 4.11. The molecule has 5 nitrogen and oxygen atoms in total. The number of aromatic amines is 1. The predicted molar refractivity (Wildman–Crippen MR) is 126 cm³/mol. The number of hydrogen-bond donors (Lipinski definition) is 1. The van der Waals surface area contributed by atoms with Gasteiger partial charge in [0.1, 0.15) is 0 Å². The zero-order valence-corrected chi connectivity index (χ0v) is 18.4. The Balaban J connectivity index is 1.55. The molecule has 1 aromatic heterocycles. The van der Waals surface area contributed by atoms with Crippen molar-refractivity contribution < 1.29 is 9.59 Å². The minimum absolute atomic E-state index is 0.0135. The lowest BCUT2D eigenvalue weighted by atomic mass is 10.0. The van der Waals surface area contributed by atoms with E-state index in [1.54, 1.807) is 4.90 Å². The number of benzene rings is 2. The van der Waals surface area contributed by atoms with Gasteiger partial charge < -0.3 is 14.8 Å². The van der Waals surface area contributed by atoms with Crippen molar-refractivity contribution in [3.63, 3.8) is 0 Å². The maximum absolute atomic E-state index is 13.4. The number of nitrogens with zero attached hydrogens (tertiary/aromatic N) is 2. The van der Waals surface area contributed by atoms with E-state index in [0.717, 1.165) is 28.6 Å². The standard InChI is InChI=1S/C26H29N3O2/c1-17(2)15-18(3)29(21-9-10-24-20(16-21)11-13-27-24)25(30)12-14-28-19(4)22-7-5-6-8-23(22)26(28)31/h5-11,13,16-18,27H,4,12,14-15H2,1-3H3. The van der Waals surface area contributed by atoms with Crippen LogP contribution in [0.2, 0.25) is 0 Å². The van der Waals surface area contributed by atoms with Crippen molar-refractivity contribution in [1.82, 2.24) is 9.88 Å². The predicted octanol–water partition coefficient (Wildman–Crippen LogP) is 5.45. The van der Waals surface area contributed by atoms with Gasteiger partial charge in [-0.15, -0.1) is 0 Å². The lowest BCUT2D eigenvalue weighted by Gasteiger charge is -2.31. The number of aromatic nitrogens is 1. The Hall–Kier alpha value is -3.34. The van der Waals surface area contributed by atoms with E-state index < -0.39 is 0 Å². The number of carbonyl (C=O) groups excluding carboxylic acids is 2. The smallest absolute Gasteiger partial charge is 0.258 e. The molecule has 3 aromatic rings. The molecule has 1 aliphatic heterocycles. The molecule has 2 aromatic carbocycles. The average molecular weight is 416 g/mol. The fourth-order valence-corrected chi connectivity index (χ4v) is 4.52. The zero-order chi connectivity index (χ0) is 22.1. The van der Waals surface area contributed by atoms with Gasteiger partial charge in [-0.3, -0.25) is 9.59 Å². The summed E-state index contributed by atoms with van der Waals surface area (Å²) in [5, 5.41) is 1.07. The Morgan fingerprint density at radius 3 is 2.55 bits per heavy atom. The van der Waals surface area contributed by atoms with E-state index >= 15 is 0 Å². The normalized spacial score (nSPS) is 14.4. The van der Waals surface area contributed by atoms with Gasteiger partial charge in [0, 0.05) is 58.6 Å². The Kier molecular flexibility index (Phi) is 5.68. The van der Waals surface area contributed by atoms with E-state index in [-0.39, 0.29) is 24.3 Å². The molecule has 2 amide bonds. The van der Waals surface area contributed by atoms with E-state index in [9.17, 15) is 9.59 Å². The maximum atomic E-state index is 13.4. The number of fused-ring (bicyclic) bond motifs is 2. The molecule has 1 aliphatic rings. The van der Waals surface area contributed by atoms with E-state index in [1.807, 2.05) is 53.6 Å². The molecule has 31 heavy (non-hydrogen) atoms. The van der Waals surface area contributed by atoms with Gasteiger partial charge in [-0.2, -0.15) is 0 Å². The van der Waals surface area contributed by atoms with E-state index in [2.05, 4.69) is 38.4 Å². The van der Waals surface area contributed by atoms with Gasteiger partial charge in [0.2, 0.25) is 5.91 Å². The first-order chi connectivity index (χ1) is 14.9. The van der Waals surface area contributed by atoms with Gasteiger partial charge >= 0.3 is 0 Å². The third-order valence-corrected chi connectivity index (χ3v) is 5.93. The van der Waals surface area contributed by atoms with Crippen molar-refractivity contribution in [2.45, 2.75) is 39.7 Å². The summed E-state index contributed by atoms with van der Waals surface area (Å²) in [6.07, 6.45) is 3.05. The van der Waals surface area contributed by atoms with Gasteiger partial charge in [-0.05, 0) is 49.6 Å². The van der Waals surface area contributed by atoms with Crippen LogP contribution < -0.4 is 4.90 Å². The Bertz CT molecular complexity index is 1110. The first kappa shape index (κ1) is 20.9. The second kappa shape index (κ2) is 8.42. The third kappa shape index (κ3) is 4.00. The number of carbonyl (C=O) groups is 2. The minimum atomic E-state index is -0.0797. The molecule has 1 atom stereocenters. The van der Waals surface area contributed by atoms with Crippen LogP contribution in [0.15, 0.2) is 61.3 Å². The molecule has 1 N–H and O–H groups in total. The van der Waals surface area contributed by atoms with E-state index in [1.165, 1.54) is 0 Å². The van der Waals surface area contributed by atoms with Crippen LogP contribution in [0.1, 0.15) is 49.5 Å². The molecule has 0 radical (unpaired) electrons. The number of H-pyrrole nitrogens is 1. The van der Waals surface area contributed by atoms with Crippen molar-refractivity contribution in [2.24, 2.45) is 5.92 Å². The molecule has 4 rings (SSSR count). The molecule has 0 spiro atoms. The number of rotatable bonds is 7. The van der Waals surface area contributed by atoms with Crippen molar-refractivity contribution in [2.75, 3.05) is 11.4 Å². The molecule has 160 valence electrons. The summed E-state index contributed by atoms with van der Waals surface area (Å²) in [6.45, 7) is 10.8. The highest BCUT2D eigenvalue weighted by molar-refractivity contribution is 6.09. The molecular weight excluding hydrogens is 386 g/mol. The van der Waals surface area contributed by atoms with Gasteiger partial charge in [-0.25, -0.2) is 0 Å². The summed E-state index contributed by atoms with van der Waals surface area (Å²) >= 11 is 0. The Morgan fingerprint density at radius 2 is 1.84 bits per heavy atom.